The SMILES string of the molecule is CN(C)C(=O)c1csc(NC(=O)[C@H]2C[C@H](Oc3cccc4cccnc34)C2)n1. The smallest absolute Gasteiger partial charge is 0.272 e. The van der Waals surface area contributed by atoms with Crippen molar-refractivity contribution in [2.45, 2.75) is 18.9 Å². The summed E-state index contributed by atoms with van der Waals surface area (Å²) in [5, 5.41) is 5.92. The highest BCUT2D eigenvalue weighted by atomic mass is 32.1. The summed E-state index contributed by atoms with van der Waals surface area (Å²) >= 11 is 1.25. The molecule has 2 amide bonds. The molecule has 144 valence electrons. The zero-order chi connectivity index (χ0) is 19.7. The lowest BCUT2D eigenvalue weighted by atomic mass is 9.81. The minimum atomic E-state index is -0.183. The van der Waals surface area contributed by atoms with Gasteiger partial charge in [-0.05, 0) is 25.0 Å². The van der Waals surface area contributed by atoms with Crippen molar-refractivity contribution < 1.29 is 14.3 Å². The summed E-state index contributed by atoms with van der Waals surface area (Å²) in [5.74, 6) is 0.352. The van der Waals surface area contributed by atoms with Gasteiger partial charge in [-0.25, -0.2) is 4.98 Å². The minimum absolute atomic E-state index is 0.00877. The number of pyridine rings is 1. The Balaban J connectivity index is 1.32. The van der Waals surface area contributed by atoms with E-state index in [9.17, 15) is 9.59 Å². The quantitative estimate of drug-likeness (QED) is 0.716. The van der Waals surface area contributed by atoms with Gasteiger partial charge in [0.05, 0.1) is 0 Å². The molecule has 2 aromatic heterocycles. The van der Waals surface area contributed by atoms with Crippen LogP contribution in [0.2, 0.25) is 0 Å². The van der Waals surface area contributed by atoms with Gasteiger partial charge in [-0.2, -0.15) is 0 Å². The average Bonchev–Trinajstić information content (AvgIpc) is 3.11. The van der Waals surface area contributed by atoms with Crippen molar-refractivity contribution in [1.82, 2.24) is 14.9 Å². The number of carbonyl (C=O) groups excluding carboxylic acids is 2. The van der Waals surface area contributed by atoms with Gasteiger partial charge in [0.15, 0.2) is 5.13 Å². The first kappa shape index (κ1) is 18.4. The lowest BCUT2D eigenvalue weighted by molar-refractivity contribution is -0.125. The van der Waals surface area contributed by atoms with Crippen LogP contribution in [0.3, 0.4) is 0 Å². The maximum absolute atomic E-state index is 12.4. The molecule has 1 aliphatic carbocycles. The number of nitrogens with one attached hydrogen (secondary N) is 1. The van der Waals surface area contributed by atoms with Gasteiger partial charge in [0, 0.05) is 37.0 Å². The molecule has 0 saturated heterocycles. The topological polar surface area (TPSA) is 84.4 Å². The molecule has 0 bridgehead atoms. The molecule has 4 rings (SSSR count). The van der Waals surface area contributed by atoms with E-state index in [1.54, 1.807) is 25.7 Å². The first-order valence-corrected chi connectivity index (χ1v) is 9.87. The van der Waals surface area contributed by atoms with Gasteiger partial charge >= 0.3 is 0 Å². The number of ether oxygens (including phenoxy) is 1. The number of rotatable bonds is 5. The number of nitrogens with zero attached hydrogens (tertiary/aromatic N) is 3. The van der Waals surface area contributed by atoms with Gasteiger partial charge in [-0.1, -0.05) is 18.2 Å². The highest BCUT2D eigenvalue weighted by Crippen LogP contribution is 2.34. The van der Waals surface area contributed by atoms with Crippen LogP contribution in [0.25, 0.3) is 10.9 Å². The molecule has 28 heavy (non-hydrogen) atoms. The Labute approximate surface area is 166 Å². The third kappa shape index (κ3) is 3.68. The zero-order valence-corrected chi connectivity index (χ0v) is 16.4. The van der Waals surface area contributed by atoms with Crippen LogP contribution in [0.5, 0.6) is 5.75 Å². The van der Waals surface area contributed by atoms with Crippen molar-refractivity contribution >= 4 is 39.2 Å². The average molecular weight is 396 g/mol. The summed E-state index contributed by atoms with van der Waals surface area (Å²) in [5.41, 5.74) is 1.17. The number of thiazole rings is 1. The molecule has 1 fully saturated rings. The molecular formula is C20H20N4O3S. The normalized spacial score (nSPS) is 18.4. The van der Waals surface area contributed by atoms with Crippen molar-refractivity contribution in [2.75, 3.05) is 19.4 Å². The van der Waals surface area contributed by atoms with Gasteiger partial charge in [0.1, 0.15) is 23.1 Å². The molecule has 7 nitrogen and oxygen atoms in total. The highest BCUT2D eigenvalue weighted by Gasteiger charge is 2.36. The van der Waals surface area contributed by atoms with Crippen molar-refractivity contribution in [2.24, 2.45) is 5.92 Å². The van der Waals surface area contributed by atoms with Crippen molar-refractivity contribution in [3.05, 3.63) is 47.6 Å². The van der Waals surface area contributed by atoms with Crippen molar-refractivity contribution in [3.8, 4) is 5.75 Å². The summed E-state index contributed by atoms with van der Waals surface area (Å²) in [4.78, 5) is 34.3. The number of benzene rings is 1. The maximum Gasteiger partial charge on any atom is 0.272 e. The number of para-hydroxylation sites is 1. The number of anilines is 1. The molecule has 0 unspecified atom stereocenters. The Morgan fingerprint density at radius 1 is 1.21 bits per heavy atom. The van der Waals surface area contributed by atoms with Gasteiger partial charge in [-0.3, -0.25) is 14.6 Å². The number of amides is 2. The third-order valence-corrected chi connectivity index (χ3v) is 5.47. The summed E-state index contributed by atoms with van der Waals surface area (Å²) in [7, 11) is 3.33. The van der Waals surface area contributed by atoms with E-state index in [1.165, 1.54) is 16.2 Å². The number of hydrogen-bond acceptors (Lipinski definition) is 6. The van der Waals surface area contributed by atoms with E-state index in [2.05, 4.69) is 15.3 Å². The fourth-order valence-electron chi connectivity index (χ4n) is 3.09. The predicted octanol–water partition coefficient (Wildman–Crippen LogP) is 3.19. The Bertz CT molecular complexity index is 1020. The molecule has 1 aliphatic rings. The second-order valence-electron chi connectivity index (χ2n) is 6.97. The number of aromatic nitrogens is 2. The van der Waals surface area contributed by atoms with E-state index in [0.717, 1.165) is 16.7 Å². The standard InChI is InChI=1S/C20H20N4O3S/c1-24(2)19(26)15-11-28-20(22-15)23-18(25)13-9-14(10-13)27-16-7-3-5-12-6-4-8-21-17(12)16/h3-8,11,13-14H,9-10H2,1-2H3,(H,22,23,25)/t13-,14-. The van der Waals surface area contributed by atoms with Crippen molar-refractivity contribution in [1.29, 1.82) is 0 Å². The molecular weight excluding hydrogens is 376 g/mol. The van der Waals surface area contributed by atoms with Crippen LogP contribution in [-0.4, -0.2) is 46.9 Å². The molecule has 0 atom stereocenters. The first-order valence-electron chi connectivity index (χ1n) is 8.99. The van der Waals surface area contributed by atoms with Crippen LogP contribution in [0.1, 0.15) is 23.3 Å². The van der Waals surface area contributed by atoms with Gasteiger partial charge < -0.3 is 15.0 Å². The Morgan fingerprint density at radius 3 is 2.79 bits per heavy atom. The molecule has 0 radical (unpaired) electrons. The maximum atomic E-state index is 12.4. The lowest BCUT2D eigenvalue weighted by Gasteiger charge is -2.34. The number of carbonyl (C=O) groups is 2. The minimum Gasteiger partial charge on any atom is -0.488 e. The fourth-order valence-corrected chi connectivity index (χ4v) is 3.78. The molecule has 1 aromatic carbocycles. The monoisotopic (exact) mass is 396 g/mol. The van der Waals surface area contributed by atoms with Gasteiger partial charge in [0.25, 0.3) is 5.91 Å². The van der Waals surface area contributed by atoms with E-state index >= 15 is 0 Å². The summed E-state index contributed by atoms with van der Waals surface area (Å²) in [6, 6.07) is 9.73. The molecule has 2 heterocycles. The zero-order valence-electron chi connectivity index (χ0n) is 15.6. The fraction of sp³-hybridized carbons (Fsp3) is 0.300. The lowest BCUT2D eigenvalue weighted by Crippen LogP contribution is -2.40. The van der Waals surface area contributed by atoms with Crippen molar-refractivity contribution in [3.63, 3.8) is 0 Å². The van der Waals surface area contributed by atoms with E-state index in [4.69, 9.17) is 4.74 Å². The summed E-state index contributed by atoms with van der Waals surface area (Å²) in [6.07, 6.45) is 3.02. The largest absolute Gasteiger partial charge is 0.488 e. The summed E-state index contributed by atoms with van der Waals surface area (Å²) in [6.45, 7) is 0. The predicted molar refractivity (Wildman–Crippen MR) is 108 cm³/mol. The second-order valence-corrected chi connectivity index (χ2v) is 7.82. The number of hydrogen-bond donors (Lipinski definition) is 1. The van der Waals surface area contributed by atoms with E-state index in [-0.39, 0.29) is 23.8 Å². The van der Waals surface area contributed by atoms with E-state index in [1.807, 2.05) is 30.3 Å². The highest BCUT2D eigenvalue weighted by molar-refractivity contribution is 7.14. The Kier molecular flexibility index (Phi) is 4.95. The van der Waals surface area contributed by atoms with Crippen LogP contribution in [0, 0.1) is 5.92 Å². The Morgan fingerprint density at radius 2 is 2.00 bits per heavy atom. The number of fused-ring (bicyclic) bond motifs is 1. The third-order valence-electron chi connectivity index (χ3n) is 4.71. The van der Waals surface area contributed by atoms with Crippen LogP contribution >= 0.6 is 11.3 Å². The van der Waals surface area contributed by atoms with Gasteiger partial charge in [0.2, 0.25) is 5.91 Å². The van der Waals surface area contributed by atoms with E-state index in [0.29, 0.717) is 23.7 Å². The molecule has 3 aromatic rings. The molecule has 1 N–H and O–H groups in total. The van der Waals surface area contributed by atoms with Crippen LogP contribution in [0.15, 0.2) is 41.9 Å². The van der Waals surface area contributed by atoms with Gasteiger partial charge in [-0.15, -0.1) is 11.3 Å². The van der Waals surface area contributed by atoms with Crippen LogP contribution in [0.4, 0.5) is 5.13 Å². The first-order chi connectivity index (χ1) is 13.5. The molecule has 0 aliphatic heterocycles. The summed E-state index contributed by atoms with van der Waals surface area (Å²) < 4.78 is 6.05. The molecule has 0 spiro atoms. The second kappa shape index (κ2) is 7.55. The molecule has 1 saturated carbocycles. The Hall–Kier alpha value is -3.00. The van der Waals surface area contributed by atoms with E-state index < -0.39 is 0 Å². The van der Waals surface area contributed by atoms with Crippen LogP contribution in [-0.2, 0) is 4.79 Å². The molecule has 8 heteroatoms. The van der Waals surface area contributed by atoms with Crippen LogP contribution < -0.4 is 10.1 Å².